The lowest BCUT2D eigenvalue weighted by Crippen LogP contribution is -2.54. The van der Waals surface area contributed by atoms with E-state index in [1.165, 1.54) is 0 Å². The lowest BCUT2D eigenvalue weighted by Gasteiger charge is -2.43. The van der Waals surface area contributed by atoms with Gasteiger partial charge in [0, 0.05) is 38.0 Å². The van der Waals surface area contributed by atoms with E-state index in [1.807, 2.05) is 30.3 Å². The average Bonchev–Trinajstić information content (AvgIpc) is 2.73. The fraction of sp³-hybridized carbons (Fsp3) is 0.571. The highest BCUT2D eigenvalue weighted by Crippen LogP contribution is 2.27. The predicted octanol–water partition coefficient (Wildman–Crippen LogP) is 2.12. The molecule has 2 fully saturated rings. The summed E-state index contributed by atoms with van der Waals surface area (Å²) >= 11 is 0. The molecular weight excluding hydrogens is 360 g/mol. The monoisotopic (exact) mass is 388 g/mol. The Kier molecular flexibility index (Phi) is 7.03. The highest BCUT2D eigenvalue weighted by Gasteiger charge is 2.36. The number of benzene rings is 1. The number of likely N-dealkylation sites (tertiary alicyclic amines) is 1. The van der Waals surface area contributed by atoms with E-state index in [0.717, 1.165) is 18.4 Å². The Hall–Kier alpha value is -2.41. The average molecular weight is 388 g/mol. The van der Waals surface area contributed by atoms with Gasteiger partial charge in [-0.05, 0) is 31.2 Å². The molecule has 2 amide bonds. The zero-order valence-electron chi connectivity index (χ0n) is 16.1. The largest absolute Gasteiger partial charge is 0.445 e. The summed E-state index contributed by atoms with van der Waals surface area (Å²) in [4.78, 5) is 39.9. The van der Waals surface area contributed by atoms with Gasteiger partial charge in [-0.15, -0.1) is 0 Å². The third-order valence-electron chi connectivity index (χ3n) is 5.59. The van der Waals surface area contributed by atoms with E-state index in [2.05, 4.69) is 0 Å². The van der Waals surface area contributed by atoms with E-state index in [1.54, 1.807) is 9.80 Å². The number of hydrogen-bond acceptors (Lipinski definition) is 5. The molecule has 7 nitrogen and oxygen atoms in total. The quantitative estimate of drug-likeness (QED) is 0.835. The Morgan fingerprint density at radius 2 is 1.82 bits per heavy atom. The minimum atomic E-state index is -0.552. The van der Waals surface area contributed by atoms with Crippen molar-refractivity contribution in [3.05, 3.63) is 35.9 Å². The van der Waals surface area contributed by atoms with Crippen molar-refractivity contribution in [1.82, 2.24) is 9.80 Å². The fourth-order valence-corrected chi connectivity index (χ4v) is 4.16. The van der Waals surface area contributed by atoms with Crippen LogP contribution in [-0.4, -0.2) is 64.5 Å². The van der Waals surface area contributed by atoms with E-state index < -0.39 is 6.61 Å². The first-order valence-electron chi connectivity index (χ1n) is 9.98. The molecule has 0 unspecified atom stereocenters. The van der Waals surface area contributed by atoms with Crippen molar-refractivity contribution >= 4 is 17.8 Å². The lowest BCUT2D eigenvalue weighted by molar-refractivity contribution is -0.142. The second-order valence-corrected chi connectivity index (χ2v) is 7.51. The molecule has 0 aromatic heterocycles. The van der Waals surface area contributed by atoms with Gasteiger partial charge < -0.3 is 19.6 Å². The summed E-state index contributed by atoms with van der Waals surface area (Å²) in [5, 5.41) is 9.39. The summed E-state index contributed by atoms with van der Waals surface area (Å²) in [6.45, 7) is 0.672. The predicted molar refractivity (Wildman–Crippen MR) is 102 cm³/mol. The Morgan fingerprint density at radius 3 is 2.46 bits per heavy atom. The fourth-order valence-electron chi connectivity index (χ4n) is 4.16. The molecule has 1 aromatic rings. The number of ether oxygens (including phenoxy) is 1. The highest BCUT2D eigenvalue weighted by atomic mass is 16.6. The van der Waals surface area contributed by atoms with E-state index in [0.29, 0.717) is 38.8 Å². The number of hydrogen-bond donors (Lipinski definition) is 1. The molecule has 2 aliphatic rings. The van der Waals surface area contributed by atoms with Crippen LogP contribution in [0.5, 0.6) is 0 Å². The van der Waals surface area contributed by atoms with E-state index in [-0.39, 0.29) is 36.5 Å². The number of ketones is 1. The van der Waals surface area contributed by atoms with Crippen LogP contribution in [0.25, 0.3) is 0 Å². The van der Waals surface area contributed by atoms with Crippen LogP contribution in [0.1, 0.15) is 44.1 Å². The summed E-state index contributed by atoms with van der Waals surface area (Å²) in [6.07, 6.45) is 3.40. The number of aliphatic hydroxyl groups is 1. The first-order chi connectivity index (χ1) is 13.6. The van der Waals surface area contributed by atoms with Crippen molar-refractivity contribution in [2.45, 2.75) is 57.2 Å². The van der Waals surface area contributed by atoms with Crippen LogP contribution in [0.3, 0.4) is 0 Å². The zero-order chi connectivity index (χ0) is 19.9. The number of Topliss-reactive ketones (excluding diaryl/α,β-unsaturated/α-hetero) is 1. The van der Waals surface area contributed by atoms with Crippen LogP contribution in [0.15, 0.2) is 30.3 Å². The van der Waals surface area contributed by atoms with Gasteiger partial charge in [-0.3, -0.25) is 9.59 Å². The molecule has 1 aliphatic carbocycles. The third-order valence-corrected chi connectivity index (χ3v) is 5.59. The van der Waals surface area contributed by atoms with Crippen LogP contribution in [0, 0.1) is 0 Å². The Bertz CT molecular complexity index is 685. The molecule has 0 bridgehead atoms. The number of aliphatic hydroxyl groups excluding tert-OH is 1. The van der Waals surface area contributed by atoms with Gasteiger partial charge in [0.2, 0.25) is 5.91 Å². The van der Waals surface area contributed by atoms with Crippen molar-refractivity contribution < 1.29 is 24.2 Å². The summed E-state index contributed by atoms with van der Waals surface area (Å²) in [6, 6.07) is 9.33. The van der Waals surface area contributed by atoms with Crippen molar-refractivity contribution in [1.29, 1.82) is 0 Å². The smallest absolute Gasteiger partial charge is 0.410 e. The molecule has 1 heterocycles. The minimum absolute atomic E-state index is 0.0614. The summed E-state index contributed by atoms with van der Waals surface area (Å²) in [5.74, 6) is -0.154. The highest BCUT2D eigenvalue weighted by molar-refractivity contribution is 5.82. The van der Waals surface area contributed by atoms with Crippen LogP contribution < -0.4 is 0 Å². The van der Waals surface area contributed by atoms with E-state index >= 15 is 0 Å². The van der Waals surface area contributed by atoms with E-state index in [4.69, 9.17) is 4.74 Å². The van der Waals surface area contributed by atoms with Crippen molar-refractivity contribution in [3.8, 4) is 0 Å². The van der Waals surface area contributed by atoms with Gasteiger partial charge in [-0.1, -0.05) is 30.3 Å². The first-order valence-corrected chi connectivity index (χ1v) is 9.98. The molecule has 1 saturated heterocycles. The van der Waals surface area contributed by atoms with Crippen LogP contribution in [0.2, 0.25) is 0 Å². The number of piperidine rings is 1. The Balaban J connectivity index is 1.53. The number of carbonyl (C=O) groups is 3. The number of nitrogens with zero attached hydrogens (tertiary/aromatic N) is 2. The topological polar surface area (TPSA) is 87.2 Å². The SMILES string of the molecule is O=C1CCC[C@@H](N(C(=O)CO)C2CCN(C(=O)OCc3ccccc3)CC2)C1. The summed E-state index contributed by atoms with van der Waals surface area (Å²) in [5.41, 5.74) is 0.937. The van der Waals surface area contributed by atoms with Gasteiger partial charge in [0.15, 0.2) is 0 Å². The van der Waals surface area contributed by atoms with Gasteiger partial charge >= 0.3 is 6.09 Å². The minimum Gasteiger partial charge on any atom is -0.445 e. The van der Waals surface area contributed by atoms with Gasteiger partial charge in [0.1, 0.15) is 19.0 Å². The molecule has 1 aliphatic heterocycles. The third kappa shape index (κ3) is 5.10. The summed E-state index contributed by atoms with van der Waals surface area (Å²) < 4.78 is 5.38. The molecule has 28 heavy (non-hydrogen) atoms. The molecule has 1 atom stereocenters. The molecule has 1 aromatic carbocycles. The standard InChI is InChI=1S/C21H28N2O5/c24-14-20(26)23(18-7-4-8-19(25)13-18)17-9-11-22(12-10-17)21(27)28-15-16-5-2-1-3-6-16/h1-3,5-6,17-18,24H,4,7-15H2/t18-/m1/s1. The normalized spacial score (nSPS) is 20.7. The number of rotatable bonds is 5. The van der Waals surface area contributed by atoms with Crippen LogP contribution in [-0.2, 0) is 20.9 Å². The van der Waals surface area contributed by atoms with Crippen molar-refractivity contribution in [2.24, 2.45) is 0 Å². The number of amides is 2. The van der Waals surface area contributed by atoms with Crippen molar-refractivity contribution in [2.75, 3.05) is 19.7 Å². The second-order valence-electron chi connectivity index (χ2n) is 7.51. The second kappa shape index (κ2) is 9.68. The van der Waals surface area contributed by atoms with Gasteiger partial charge in [0.25, 0.3) is 0 Å². The lowest BCUT2D eigenvalue weighted by atomic mass is 9.90. The van der Waals surface area contributed by atoms with Crippen LogP contribution >= 0.6 is 0 Å². The maximum atomic E-state index is 12.4. The maximum Gasteiger partial charge on any atom is 0.410 e. The Labute approximate surface area is 165 Å². The molecule has 1 saturated carbocycles. The molecule has 3 rings (SSSR count). The van der Waals surface area contributed by atoms with Crippen LogP contribution in [0.4, 0.5) is 4.79 Å². The molecule has 1 N–H and O–H groups in total. The van der Waals surface area contributed by atoms with Gasteiger partial charge in [0.05, 0.1) is 0 Å². The number of carbonyl (C=O) groups excluding carboxylic acids is 3. The maximum absolute atomic E-state index is 12.4. The van der Waals surface area contributed by atoms with E-state index in [9.17, 15) is 19.5 Å². The molecule has 7 heteroatoms. The molecular formula is C21H28N2O5. The molecule has 152 valence electrons. The van der Waals surface area contributed by atoms with Crippen molar-refractivity contribution in [3.63, 3.8) is 0 Å². The van der Waals surface area contributed by atoms with Gasteiger partial charge in [-0.25, -0.2) is 4.79 Å². The molecule has 0 spiro atoms. The Morgan fingerprint density at radius 1 is 1.11 bits per heavy atom. The first kappa shape index (κ1) is 20.3. The zero-order valence-corrected chi connectivity index (χ0v) is 16.1. The van der Waals surface area contributed by atoms with Gasteiger partial charge in [-0.2, -0.15) is 0 Å². The molecule has 0 radical (unpaired) electrons. The summed E-state index contributed by atoms with van der Waals surface area (Å²) in [7, 11) is 0.